The summed E-state index contributed by atoms with van der Waals surface area (Å²) < 4.78 is 0. The Morgan fingerprint density at radius 2 is 2.15 bits per heavy atom. The van der Waals surface area contributed by atoms with Crippen molar-refractivity contribution in [1.29, 1.82) is 0 Å². The zero-order valence-electron chi connectivity index (χ0n) is 13.0. The molecule has 1 aliphatic heterocycles. The minimum absolute atomic E-state index is 0.153. The van der Waals surface area contributed by atoms with Crippen LogP contribution in [0.15, 0.2) is 36.9 Å². The first kappa shape index (κ1) is 15.1. The largest absolute Gasteiger partial charge is 0.508 e. The van der Waals surface area contributed by atoms with E-state index in [9.17, 15) is 5.11 Å². The van der Waals surface area contributed by atoms with Crippen LogP contribution in [0.4, 0.5) is 0 Å². The molecule has 2 rings (SSSR count). The molecule has 1 aromatic carbocycles. The van der Waals surface area contributed by atoms with Gasteiger partial charge in [0, 0.05) is 18.5 Å². The summed E-state index contributed by atoms with van der Waals surface area (Å²) in [6.45, 7) is 13.9. The number of nitrogens with zero attached hydrogens (tertiary/aromatic N) is 1. The number of phenolic OH excluding ortho intramolecular Hbond substituents is 1. The summed E-state index contributed by atoms with van der Waals surface area (Å²) in [5.74, 6) is 0.373. The molecule has 0 saturated carbocycles. The topological polar surface area (TPSA) is 23.5 Å². The smallest absolute Gasteiger partial charge is 0.115 e. The van der Waals surface area contributed by atoms with Gasteiger partial charge in [0.1, 0.15) is 5.75 Å². The van der Waals surface area contributed by atoms with Crippen molar-refractivity contribution in [3.05, 3.63) is 42.5 Å². The molecular formula is C18H27NO. The normalized spacial score (nSPS) is 23.9. The summed E-state index contributed by atoms with van der Waals surface area (Å²) in [6.07, 6.45) is 4.27. The van der Waals surface area contributed by atoms with Gasteiger partial charge < -0.3 is 5.11 Å². The second-order valence-corrected chi connectivity index (χ2v) is 7.34. The summed E-state index contributed by atoms with van der Waals surface area (Å²) in [6, 6.07) is 7.84. The molecule has 0 radical (unpaired) electrons. The fourth-order valence-electron chi connectivity index (χ4n) is 3.63. The summed E-state index contributed by atoms with van der Waals surface area (Å²) in [7, 11) is 0. The van der Waals surface area contributed by atoms with E-state index in [1.54, 1.807) is 6.07 Å². The molecule has 110 valence electrons. The van der Waals surface area contributed by atoms with Crippen molar-refractivity contribution in [3.63, 3.8) is 0 Å². The third-order valence-electron chi connectivity index (χ3n) is 4.15. The second-order valence-electron chi connectivity index (χ2n) is 7.34. The van der Waals surface area contributed by atoms with Crippen LogP contribution in [0.2, 0.25) is 0 Å². The minimum atomic E-state index is 0.153. The van der Waals surface area contributed by atoms with E-state index in [1.165, 1.54) is 5.56 Å². The first-order valence-corrected chi connectivity index (χ1v) is 7.47. The molecule has 20 heavy (non-hydrogen) atoms. The second kappa shape index (κ2) is 5.61. The fraction of sp³-hybridized carbons (Fsp3) is 0.556. The van der Waals surface area contributed by atoms with E-state index in [1.807, 2.05) is 18.2 Å². The number of phenols is 1. The highest BCUT2D eigenvalue weighted by molar-refractivity contribution is 5.35. The van der Waals surface area contributed by atoms with Gasteiger partial charge in [-0.2, -0.15) is 0 Å². The number of hydrogen-bond acceptors (Lipinski definition) is 2. The van der Waals surface area contributed by atoms with Gasteiger partial charge in [-0.3, -0.25) is 4.90 Å². The van der Waals surface area contributed by atoms with Gasteiger partial charge in [0.25, 0.3) is 0 Å². The molecular weight excluding hydrogens is 246 g/mol. The maximum atomic E-state index is 9.83. The predicted molar refractivity (Wildman–Crippen MR) is 85.1 cm³/mol. The maximum Gasteiger partial charge on any atom is 0.115 e. The highest BCUT2D eigenvalue weighted by Crippen LogP contribution is 2.44. The number of likely N-dealkylation sites (tertiary alicyclic amines) is 1. The van der Waals surface area contributed by atoms with Gasteiger partial charge >= 0.3 is 0 Å². The molecule has 0 bridgehead atoms. The summed E-state index contributed by atoms with van der Waals surface area (Å²) in [5, 5.41) is 9.83. The standard InChI is InChI=1S/C18H27NO/c1-5-10-19-11-9-18(14-19,13-17(2,3)4)15-7-6-8-16(20)12-15/h5-8,12,20H,1,9-11,13-14H2,2-4H3/t18-/m0/s1. The maximum absolute atomic E-state index is 9.83. The molecule has 0 aromatic heterocycles. The molecule has 1 aliphatic rings. The third-order valence-corrected chi connectivity index (χ3v) is 4.15. The third kappa shape index (κ3) is 3.43. The van der Waals surface area contributed by atoms with Gasteiger partial charge in [0.15, 0.2) is 0 Å². The van der Waals surface area contributed by atoms with Gasteiger partial charge in [0.05, 0.1) is 0 Å². The molecule has 2 nitrogen and oxygen atoms in total. The Kier molecular flexibility index (Phi) is 4.24. The molecule has 1 aromatic rings. The van der Waals surface area contributed by atoms with Crippen molar-refractivity contribution in [1.82, 2.24) is 4.90 Å². The van der Waals surface area contributed by atoms with Crippen LogP contribution < -0.4 is 0 Å². The Bertz CT molecular complexity index is 475. The minimum Gasteiger partial charge on any atom is -0.508 e. The van der Waals surface area contributed by atoms with E-state index in [0.717, 1.165) is 32.5 Å². The highest BCUT2D eigenvalue weighted by Gasteiger charge is 2.41. The first-order valence-electron chi connectivity index (χ1n) is 7.47. The van der Waals surface area contributed by atoms with Crippen LogP contribution in [0.1, 0.15) is 39.2 Å². The van der Waals surface area contributed by atoms with Crippen molar-refractivity contribution >= 4 is 0 Å². The summed E-state index contributed by atoms with van der Waals surface area (Å²) >= 11 is 0. The monoisotopic (exact) mass is 273 g/mol. The lowest BCUT2D eigenvalue weighted by molar-refractivity contribution is 0.244. The lowest BCUT2D eigenvalue weighted by atomic mass is 9.69. The number of aromatic hydroxyl groups is 1. The van der Waals surface area contributed by atoms with Crippen LogP contribution in [-0.2, 0) is 5.41 Å². The van der Waals surface area contributed by atoms with Crippen molar-refractivity contribution in [2.75, 3.05) is 19.6 Å². The molecule has 2 heteroatoms. The van der Waals surface area contributed by atoms with Crippen LogP contribution in [-0.4, -0.2) is 29.6 Å². The zero-order valence-corrected chi connectivity index (χ0v) is 13.0. The fourth-order valence-corrected chi connectivity index (χ4v) is 3.63. The van der Waals surface area contributed by atoms with Crippen molar-refractivity contribution in [2.24, 2.45) is 5.41 Å². The SMILES string of the molecule is C=CCN1CC[C@@](CC(C)(C)C)(c2cccc(O)c2)C1. The van der Waals surface area contributed by atoms with E-state index in [4.69, 9.17) is 0 Å². The van der Waals surface area contributed by atoms with E-state index in [-0.39, 0.29) is 10.8 Å². The number of hydrogen-bond donors (Lipinski definition) is 1. The van der Waals surface area contributed by atoms with Crippen molar-refractivity contribution in [2.45, 2.75) is 39.0 Å². The Morgan fingerprint density at radius 3 is 2.75 bits per heavy atom. The van der Waals surface area contributed by atoms with E-state index in [2.05, 4.69) is 38.3 Å². The molecule has 1 atom stereocenters. The summed E-state index contributed by atoms with van der Waals surface area (Å²) in [5.41, 5.74) is 1.70. The van der Waals surface area contributed by atoms with Gasteiger partial charge in [-0.05, 0) is 42.5 Å². The highest BCUT2D eigenvalue weighted by atomic mass is 16.3. The average molecular weight is 273 g/mol. The molecule has 0 spiro atoms. The van der Waals surface area contributed by atoms with E-state index < -0.39 is 0 Å². The van der Waals surface area contributed by atoms with Crippen molar-refractivity contribution < 1.29 is 5.11 Å². The van der Waals surface area contributed by atoms with Crippen LogP contribution in [0.25, 0.3) is 0 Å². The molecule has 0 amide bonds. The molecule has 1 saturated heterocycles. The number of rotatable bonds is 4. The zero-order chi connectivity index (χ0) is 14.8. The van der Waals surface area contributed by atoms with Gasteiger partial charge in [0.2, 0.25) is 0 Å². The Morgan fingerprint density at radius 1 is 1.40 bits per heavy atom. The van der Waals surface area contributed by atoms with Gasteiger partial charge in [-0.15, -0.1) is 6.58 Å². The first-order chi connectivity index (χ1) is 9.35. The quantitative estimate of drug-likeness (QED) is 0.839. The Balaban J connectivity index is 2.33. The lowest BCUT2D eigenvalue weighted by Gasteiger charge is -2.36. The molecule has 1 fully saturated rings. The Labute approximate surface area is 123 Å². The van der Waals surface area contributed by atoms with Crippen molar-refractivity contribution in [3.8, 4) is 5.75 Å². The molecule has 0 unspecified atom stereocenters. The molecule has 0 aliphatic carbocycles. The molecule has 1 heterocycles. The van der Waals surface area contributed by atoms with E-state index >= 15 is 0 Å². The lowest BCUT2D eigenvalue weighted by Crippen LogP contribution is -2.35. The van der Waals surface area contributed by atoms with Crippen LogP contribution in [0.5, 0.6) is 5.75 Å². The van der Waals surface area contributed by atoms with Crippen LogP contribution >= 0.6 is 0 Å². The summed E-state index contributed by atoms with van der Waals surface area (Å²) in [4.78, 5) is 2.46. The van der Waals surface area contributed by atoms with Crippen LogP contribution in [0, 0.1) is 5.41 Å². The number of benzene rings is 1. The van der Waals surface area contributed by atoms with Crippen LogP contribution in [0.3, 0.4) is 0 Å². The van der Waals surface area contributed by atoms with Gasteiger partial charge in [-0.1, -0.05) is 39.0 Å². The Hall–Kier alpha value is -1.28. The predicted octanol–water partition coefficient (Wildman–Crippen LogP) is 3.96. The average Bonchev–Trinajstić information content (AvgIpc) is 2.72. The molecule has 1 N–H and O–H groups in total. The van der Waals surface area contributed by atoms with E-state index in [0.29, 0.717) is 5.75 Å². The van der Waals surface area contributed by atoms with Gasteiger partial charge in [-0.25, -0.2) is 0 Å².